The number of urea groups is 2. The van der Waals surface area contributed by atoms with Crippen molar-refractivity contribution in [1.29, 1.82) is 0 Å². The number of nitrogens with one attached hydrogen (secondary N) is 2. The van der Waals surface area contributed by atoms with Gasteiger partial charge in [-0.25, -0.2) is 9.59 Å². The third-order valence-electron chi connectivity index (χ3n) is 2.07. The fraction of sp³-hybridized carbons (Fsp3) is 0.571. The van der Waals surface area contributed by atoms with Crippen LogP contribution >= 0.6 is 0 Å². The van der Waals surface area contributed by atoms with Crippen LogP contribution in [0.1, 0.15) is 0 Å². The highest BCUT2D eigenvalue weighted by Gasteiger charge is 2.38. The Morgan fingerprint density at radius 2 is 1.76 bits per heavy atom. The summed E-state index contributed by atoms with van der Waals surface area (Å²) >= 11 is 0. The van der Waals surface area contributed by atoms with Crippen LogP contribution in [0.4, 0.5) is 9.59 Å². The molecule has 0 aromatic carbocycles. The van der Waals surface area contributed by atoms with Gasteiger partial charge in [-0.1, -0.05) is 0 Å². The normalized spacial score (nSPS) is 18.6. The minimum absolute atomic E-state index is 0.550. The molecule has 5 N–H and O–H groups in total. The van der Waals surface area contributed by atoms with Crippen LogP contribution in [-0.4, -0.2) is 69.4 Å². The SMILES string of the molecule is O=C1NC(=O)C(N(CO)C(=O)N(CO)CO)N1. The summed E-state index contributed by atoms with van der Waals surface area (Å²) in [4.78, 5) is 34.8. The third-order valence-corrected chi connectivity index (χ3v) is 2.07. The van der Waals surface area contributed by atoms with Crippen molar-refractivity contribution < 1.29 is 29.7 Å². The third kappa shape index (κ3) is 2.61. The minimum atomic E-state index is -1.37. The van der Waals surface area contributed by atoms with E-state index in [4.69, 9.17) is 15.3 Å². The Bertz CT molecular complexity index is 330. The molecule has 10 nitrogen and oxygen atoms in total. The maximum Gasteiger partial charge on any atom is 0.327 e. The summed E-state index contributed by atoms with van der Waals surface area (Å²) in [6.45, 7) is -2.46. The molecule has 10 heteroatoms. The van der Waals surface area contributed by atoms with Crippen molar-refractivity contribution in [3.05, 3.63) is 0 Å². The number of hydrogen-bond donors (Lipinski definition) is 5. The van der Waals surface area contributed by atoms with Gasteiger partial charge in [0.2, 0.25) is 0 Å². The molecule has 1 heterocycles. The fourth-order valence-corrected chi connectivity index (χ4v) is 1.23. The molecule has 1 aliphatic heterocycles. The van der Waals surface area contributed by atoms with E-state index < -0.39 is 44.3 Å². The predicted molar refractivity (Wildman–Crippen MR) is 50.8 cm³/mol. The van der Waals surface area contributed by atoms with Crippen molar-refractivity contribution in [2.75, 3.05) is 20.2 Å². The van der Waals surface area contributed by atoms with Crippen LogP contribution in [0, 0.1) is 0 Å². The molecule has 1 fully saturated rings. The van der Waals surface area contributed by atoms with Crippen LogP contribution < -0.4 is 10.6 Å². The maximum atomic E-state index is 11.6. The zero-order valence-corrected chi connectivity index (χ0v) is 8.66. The second-order valence-corrected chi connectivity index (χ2v) is 3.08. The highest BCUT2D eigenvalue weighted by molar-refractivity contribution is 6.05. The van der Waals surface area contributed by atoms with Gasteiger partial charge >= 0.3 is 12.1 Å². The number of amides is 5. The Balaban J connectivity index is 2.80. The molecular formula is C7H12N4O6. The van der Waals surface area contributed by atoms with Crippen LogP contribution in [0.25, 0.3) is 0 Å². The number of hydrogen-bond acceptors (Lipinski definition) is 6. The molecular weight excluding hydrogens is 236 g/mol. The molecule has 0 bridgehead atoms. The van der Waals surface area contributed by atoms with Crippen molar-refractivity contribution in [2.24, 2.45) is 0 Å². The molecule has 0 radical (unpaired) electrons. The Labute approximate surface area is 95.4 Å². The Hall–Kier alpha value is -1.91. The second kappa shape index (κ2) is 5.43. The van der Waals surface area contributed by atoms with Gasteiger partial charge in [0.1, 0.15) is 20.2 Å². The first kappa shape index (κ1) is 13.2. The summed E-state index contributed by atoms with van der Waals surface area (Å²) in [5.41, 5.74) is 0. The van der Waals surface area contributed by atoms with Gasteiger partial charge < -0.3 is 20.6 Å². The zero-order chi connectivity index (χ0) is 13.0. The fourth-order valence-electron chi connectivity index (χ4n) is 1.23. The van der Waals surface area contributed by atoms with Gasteiger partial charge in [-0.05, 0) is 0 Å². The molecule has 96 valence electrons. The monoisotopic (exact) mass is 248 g/mol. The van der Waals surface area contributed by atoms with Crippen molar-refractivity contribution in [3.8, 4) is 0 Å². The highest BCUT2D eigenvalue weighted by atomic mass is 16.3. The van der Waals surface area contributed by atoms with Gasteiger partial charge in [0.05, 0.1) is 0 Å². The predicted octanol–water partition coefficient (Wildman–Crippen LogP) is -3.27. The number of aliphatic hydroxyl groups excluding tert-OH is 3. The van der Waals surface area contributed by atoms with E-state index in [0.717, 1.165) is 0 Å². The van der Waals surface area contributed by atoms with Crippen molar-refractivity contribution >= 4 is 18.0 Å². The summed E-state index contributed by atoms with van der Waals surface area (Å²) in [5.74, 6) is -0.812. The van der Waals surface area contributed by atoms with Crippen molar-refractivity contribution in [3.63, 3.8) is 0 Å². The quantitative estimate of drug-likeness (QED) is 0.261. The van der Waals surface area contributed by atoms with E-state index in [9.17, 15) is 14.4 Å². The van der Waals surface area contributed by atoms with E-state index in [1.54, 1.807) is 0 Å². The molecule has 1 rings (SSSR count). The molecule has 5 amide bonds. The molecule has 1 atom stereocenters. The standard InChI is InChI=1S/C7H12N4O6/c12-1-10(2-13)7(17)11(3-14)4-5(15)9-6(16)8-4/h4,12-14H,1-3H2,(H2,8,9,15,16). The lowest BCUT2D eigenvalue weighted by Crippen LogP contribution is -2.55. The molecule has 0 spiro atoms. The summed E-state index contributed by atoms with van der Waals surface area (Å²) in [6.07, 6.45) is -1.37. The Morgan fingerprint density at radius 3 is 2.12 bits per heavy atom. The number of imide groups is 1. The summed E-state index contributed by atoms with van der Waals surface area (Å²) in [6, 6.07) is -1.80. The summed E-state index contributed by atoms with van der Waals surface area (Å²) in [7, 11) is 0. The van der Waals surface area contributed by atoms with E-state index in [2.05, 4.69) is 5.32 Å². The average molecular weight is 248 g/mol. The van der Waals surface area contributed by atoms with Crippen LogP contribution in [0.3, 0.4) is 0 Å². The maximum absolute atomic E-state index is 11.6. The molecule has 1 aliphatic rings. The topological polar surface area (TPSA) is 142 Å². The van der Waals surface area contributed by atoms with Gasteiger partial charge in [0, 0.05) is 0 Å². The molecule has 0 saturated carbocycles. The molecule has 0 aliphatic carbocycles. The van der Waals surface area contributed by atoms with Gasteiger partial charge in [-0.2, -0.15) is 0 Å². The van der Waals surface area contributed by atoms with Crippen LogP contribution in [0.15, 0.2) is 0 Å². The molecule has 1 unspecified atom stereocenters. The number of carbonyl (C=O) groups excluding carboxylic acids is 3. The zero-order valence-electron chi connectivity index (χ0n) is 8.66. The Morgan fingerprint density at radius 1 is 1.18 bits per heavy atom. The van der Waals surface area contributed by atoms with Gasteiger partial charge in [0.15, 0.2) is 6.17 Å². The number of rotatable bonds is 4. The minimum Gasteiger partial charge on any atom is -0.376 e. The number of carbonyl (C=O) groups is 3. The van der Waals surface area contributed by atoms with E-state index in [1.165, 1.54) is 0 Å². The summed E-state index contributed by atoms with van der Waals surface area (Å²) < 4.78 is 0. The average Bonchev–Trinajstić information content (AvgIpc) is 2.61. The van der Waals surface area contributed by atoms with E-state index in [1.807, 2.05) is 5.32 Å². The second-order valence-electron chi connectivity index (χ2n) is 3.08. The molecule has 17 heavy (non-hydrogen) atoms. The molecule has 0 aromatic rings. The van der Waals surface area contributed by atoms with E-state index in [0.29, 0.717) is 9.80 Å². The lowest BCUT2D eigenvalue weighted by atomic mass is 10.4. The van der Waals surface area contributed by atoms with Crippen LogP contribution in [0.5, 0.6) is 0 Å². The van der Waals surface area contributed by atoms with Crippen molar-refractivity contribution in [1.82, 2.24) is 20.4 Å². The molecule has 0 aromatic heterocycles. The van der Waals surface area contributed by atoms with Gasteiger partial charge in [-0.15, -0.1) is 0 Å². The van der Waals surface area contributed by atoms with Gasteiger partial charge in [0.25, 0.3) is 5.91 Å². The van der Waals surface area contributed by atoms with Crippen LogP contribution in [0.2, 0.25) is 0 Å². The highest BCUT2D eigenvalue weighted by Crippen LogP contribution is 2.05. The largest absolute Gasteiger partial charge is 0.376 e. The number of aliphatic hydroxyl groups is 3. The van der Waals surface area contributed by atoms with E-state index >= 15 is 0 Å². The smallest absolute Gasteiger partial charge is 0.327 e. The lowest BCUT2D eigenvalue weighted by Gasteiger charge is -2.29. The number of nitrogens with zero attached hydrogens (tertiary/aromatic N) is 2. The molecule has 1 saturated heterocycles. The van der Waals surface area contributed by atoms with E-state index in [-0.39, 0.29) is 0 Å². The first-order valence-corrected chi connectivity index (χ1v) is 4.54. The summed E-state index contributed by atoms with van der Waals surface area (Å²) in [5, 5.41) is 30.5. The first-order valence-electron chi connectivity index (χ1n) is 4.54. The van der Waals surface area contributed by atoms with Gasteiger partial charge in [-0.3, -0.25) is 19.9 Å². The first-order chi connectivity index (χ1) is 8.04. The lowest BCUT2D eigenvalue weighted by molar-refractivity contribution is -0.124. The van der Waals surface area contributed by atoms with Crippen LogP contribution in [-0.2, 0) is 4.79 Å². The van der Waals surface area contributed by atoms with Crippen molar-refractivity contribution in [2.45, 2.75) is 6.17 Å². The Kier molecular flexibility index (Phi) is 4.20.